The van der Waals surface area contributed by atoms with Crippen LogP contribution in [0.2, 0.25) is 0 Å². The molecule has 0 bridgehead atoms. The minimum Gasteiger partial charge on any atom is -0.480 e. The largest absolute Gasteiger partial charge is 0.480 e. The van der Waals surface area contributed by atoms with Crippen molar-refractivity contribution in [2.24, 2.45) is 10.7 Å². The Morgan fingerprint density at radius 2 is 2.10 bits per heavy atom. The summed E-state index contributed by atoms with van der Waals surface area (Å²) in [5.74, 6) is -1.42. The number of nitrogens with zero attached hydrogens (tertiary/aromatic N) is 2. The molecule has 20 heavy (non-hydrogen) atoms. The molecule has 1 aromatic carbocycles. The second-order valence-corrected chi connectivity index (χ2v) is 4.84. The predicted molar refractivity (Wildman–Crippen MR) is 74.4 cm³/mol. The fourth-order valence-electron chi connectivity index (χ4n) is 2.19. The molecule has 2 rings (SSSR count). The average molecular weight is 275 g/mol. The highest BCUT2D eigenvalue weighted by atomic mass is 16.4. The normalized spacial score (nSPS) is 19.9. The molecule has 1 heterocycles. The van der Waals surface area contributed by atoms with Gasteiger partial charge in [0.05, 0.1) is 0 Å². The molecule has 106 valence electrons. The number of carboxylic acids is 1. The lowest BCUT2D eigenvalue weighted by Gasteiger charge is -2.23. The number of nitrogens with two attached hydrogens (primary N) is 1. The van der Waals surface area contributed by atoms with Gasteiger partial charge in [-0.3, -0.25) is 14.6 Å². The summed E-state index contributed by atoms with van der Waals surface area (Å²) in [7, 11) is 0. The Morgan fingerprint density at radius 3 is 2.65 bits per heavy atom. The van der Waals surface area contributed by atoms with Gasteiger partial charge < -0.3 is 15.7 Å². The first-order valence-corrected chi connectivity index (χ1v) is 6.38. The Labute approximate surface area is 116 Å². The van der Waals surface area contributed by atoms with E-state index in [0.717, 1.165) is 5.56 Å². The van der Waals surface area contributed by atoms with Crippen LogP contribution >= 0.6 is 0 Å². The van der Waals surface area contributed by atoms with Crippen molar-refractivity contribution in [2.75, 3.05) is 6.54 Å². The predicted octanol–water partition coefficient (Wildman–Crippen LogP) is 0.270. The Hall–Kier alpha value is -2.21. The SMILES string of the molecule is C[C@H](N)C1N=C(Cc2ccccc2)C(=O)N1CC(=O)O. The van der Waals surface area contributed by atoms with Crippen molar-refractivity contribution in [1.29, 1.82) is 0 Å². The topological polar surface area (TPSA) is 96.0 Å². The van der Waals surface area contributed by atoms with Crippen LogP contribution in [0.15, 0.2) is 35.3 Å². The van der Waals surface area contributed by atoms with Crippen molar-refractivity contribution >= 4 is 17.6 Å². The fraction of sp³-hybridized carbons (Fsp3) is 0.357. The number of benzene rings is 1. The average Bonchev–Trinajstić information content (AvgIpc) is 2.69. The van der Waals surface area contributed by atoms with Gasteiger partial charge in [-0.1, -0.05) is 30.3 Å². The van der Waals surface area contributed by atoms with Gasteiger partial charge in [0.25, 0.3) is 5.91 Å². The highest BCUT2D eigenvalue weighted by Gasteiger charge is 2.36. The molecule has 0 saturated carbocycles. The van der Waals surface area contributed by atoms with Gasteiger partial charge in [0.2, 0.25) is 0 Å². The molecule has 0 saturated heterocycles. The van der Waals surface area contributed by atoms with Gasteiger partial charge in [-0.25, -0.2) is 0 Å². The van der Waals surface area contributed by atoms with Gasteiger partial charge in [0.15, 0.2) is 0 Å². The van der Waals surface area contributed by atoms with E-state index >= 15 is 0 Å². The molecular formula is C14H17N3O3. The first-order chi connectivity index (χ1) is 9.49. The van der Waals surface area contributed by atoms with E-state index in [2.05, 4.69) is 4.99 Å². The number of carbonyl (C=O) groups is 2. The molecule has 0 aliphatic carbocycles. The molecular weight excluding hydrogens is 258 g/mol. The second-order valence-electron chi connectivity index (χ2n) is 4.84. The van der Waals surface area contributed by atoms with Crippen molar-refractivity contribution < 1.29 is 14.7 Å². The molecule has 1 aromatic rings. The molecule has 0 aromatic heterocycles. The van der Waals surface area contributed by atoms with E-state index in [4.69, 9.17) is 10.8 Å². The highest BCUT2D eigenvalue weighted by molar-refractivity contribution is 6.40. The standard InChI is InChI=1S/C14H17N3O3/c1-9(15)13-16-11(7-10-5-3-2-4-6-10)14(20)17(13)8-12(18)19/h2-6,9,13H,7-8,15H2,1H3,(H,18,19)/t9-,13?/m0/s1. The summed E-state index contributed by atoms with van der Waals surface area (Å²) in [6.07, 6.45) is -0.212. The Kier molecular flexibility index (Phi) is 4.14. The smallest absolute Gasteiger partial charge is 0.323 e. The van der Waals surface area contributed by atoms with Crippen LogP contribution in [0.4, 0.5) is 0 Å². The number of hydrogen-bond donors (Lipinski definition) is 2. The Balaban J connectivity index is 2.19. The number of aliphatic carboxylic acids is 1. The third-order valence-electron chi connectivity index (χ3n) is 3.11. The third kappa shape index (κ3) is 3.03. The lowest BCUT2D eigenvalue weighted by Crippen LogP contribution is -2.47. The van der Waals surface area contributed by atoms with Crippen molar-refractivity contribution in [2.45, 2.75) is 25.6 Å². The summed E-state index contributed by atoms with van der Waals surface area (Å²) < 4.78 is 0. The molecule has 0 radical (unpaired) electrons. The molecule has 1 unspecified atom stereocenters. The first kappa shape index (κ1) is 14.2. The summed E-state index contributed by atoms with van der Waals surface area (Å²) in [6, 6.07) is 9.04. The molecule has 3 N–H and O–H groups in total. The van der Waals surface area contributed by atoms with E-state index in [9.17, 15) is 9.59 Å². The summed E-state index contributed by atoms with van der Waals surface area (Å²) in [4.78, 5) is 28.6. The van der Waals surface area contributed by atoms with E-state index in [1.165, 1.54) is 4.90 Å². The maximum atomic E-state index is 12.2. The van der Waals surface area contributed by atoms with Crippen LogP contribution in [0.25, 0.3) is 0 Å². The Morgan fingerprint density at radius 1 is 1.45 bits per heavy atom. The van der Waals surface area contributed by atoms with Crippen LogP contribution < -0.4 is 5.73 Å². The minimum absolute atomic E-state index is 0.349. The van der Waals surface area contributed by atoms with Crippen molar-refractivity contribution in [3.63, 3.8) is 0 Å². The number of hydrogen-bond acceptors (Lipinski definition) is 4. The maximum Gasteiger partial charge on any atom is 0.323 e. The molecule has 6 nitrogen and oxygen atoms in total. The van der Waals surface area contributed by atoms with E-state index < -0.39 is 18.2 Å². The quantitative estimate of drug-likeness (QED) is 0.806. The summed E-state index contributed by atoms with van der Waals surface area (Å²) in [6.45, 7) is 1.33. The van der Waals surface area contributed by atoms with Gasteiger partial charge in [-0.05, 0) is 12.5 Å². The monoisotopic (exact) mass is 275 g/mol. The van der Waals surface area contributed by atoms with Gasteiger partial charge >= 0.3 is 5.97 Å². The van der Waals surface area contributed by atoms with E-state index in [1.54, 1.807) is 6.92 Å². The van der Waals surface area contributed by atoms with E-state index in [1.807, 2.05) is 30.3 Å². The van der Waals surface area contributed by atoms with Crippen molar-refractivity contribution in [3.05, 3.63) is 35.9 Å². The zero-order chi connectivity index (χ0) is 14.7. The number of aliphatic imine (C=N–C) groups is 1. The minimum atomic E-state index is -1.07. The lowest BCUT2D eigenvalue weighted by atomic mass is 10.1. The van der Waals surface area contributed by atoms with Crippen molar-refractivity contribution in [1.82, 2.24) is 4.90 Å². The van der Waals surface area contributed by atoms with Crippen LogP contribution in [-0.4, -0.2) is 46.3 Å². The number of amides is 1. The number of carboxylic acid groups (broad SMARTS) is 1. The third-order valence-corrected chi connectivity index (χ3v) is 3.11. The molecule has 1 amide bonds. The zero-order valence-corrected chi connectivity index (χ0v) is 11.2. The maximum absolute atomic E-state index is 12.2. The summed E-state index contributed by atoms with van der Waals surface area (Å²) in [5.41, 5.74) is 7.11. The second kappa shape index (κ2) is 5.83. The van der Waals surface area contributed by atoms with Gasteiger partial charge in [-0.15, -0.1) is 0 Å². The first-order valence-electron chi connectivity index (χ1n) is 6.38. The molecule has 0 spiro atoms. The number of carbonyl (C=O) groups excluding carboxylic acids is 1. The van der Waals surface area contributed by atoms with Gasteiger partial charge in [-0.2, -0.15) is 0 Å². The zero-order valence-electron chi connectivity index (χ0n) is 11.2. The molecule has 1 aliphatic rings. The molecule has 1 aliphatic heterocycles. The summed E-state index contributed by atoms with van der Waals surface area (Å²) in [5, 5.41) is 8.88. The van der Waals surface area contributed by atoms with Crippen LogP contribution in [-0.2, 0) is 16.0 Å². The molecule has 6 heteroatoms. The van der Waals surface area contributed by atoms with Crippen LogP contribution in [0.5, 0.6) is 0 Å². The summed E-state index contributed by atoms with van der Waals surface area (Å²) >= 11 is 0. The van der Waals surface area contributed by atoms with Crippen LogP contribution in [0.3, 0.4) is 0 Å². The molecule has 2 atom stereocenters. The van der Waals surface area contributed by atoms with Crippen LogP contribution in [0.1, 0.15) is 12.5 Å². The molecule has 0 fully saturated rings. The van der Waals surface area contributed by atoms with Gasteiger partial charge in [0, 0.05) is 12.5 Å². The number of rotatable bonds is 5. The van der Waals surface area contributed by atoms with Crippen molar-refractivity contribution in [3.8, 4) is 0 Å². The van der Waals surface area contributed by atoms with Crippen LogP contribution in [0, 0.1) is 0 Å². The van der Waals surface area contributed by atoms with E-state index in [0.29, 0.717) is 12.1 Å². The van der Waals surface area contributed by atoms with E-state index in [-0.39, 0.29) is 12.5 Å². The Bertz CT molecular complexity index is 540. The highest BCUT2D eigenvalue weighted by Crippen LogP contribution is 2.17. The fourth-order valence-corrected chi connectivity index (χ4v) is 2.19. The van der Waals surface area contributed by atoms with Gasteiger partial charge in [0.1, 0.15) is 18.4 Å². The lowest BCUT2D eigenvalue weighted by molar-refractivity contribution is -0.143.